The zero-order valence-electron chi connectivity index (χ0n) is 14.7. The van der Waals surface area contributed by atoms with E-state index in [-0.39, 0.29) is 24.0 Å². The number of carbonyl (C=O) groups is 1. The maximum Gasteiger partial charge on any atom is 0.226 e. The molecule has 4 rings (SSSR count). The predicted octanol–water partition coefficient (Wildman–Crippen LogP) is 0.976. The molecular formula is C17H24N6O2. The van der Waals surface area contributed by atoms with Crippen LogP contribution >= 0.6 is 0 Å². The molecule has 2 aliphatic heterocycles. The third-order valence-electron chi connectivity index (χ3n) is 5.21. The Labute approximate surface area is 146 Å². The second-order valence-corrected chi connectivity index (χ2v) is 7.07. The molecule has 0 N–H and O–H groups in total. The molecule has 2 atom stereocenters. The van der Waals surface area contributed by atoms with Crippen molar-refractivity contribution in [2.75, 3.05) is 31.1 Å². The zero-order chi connectivity index (χ0) is 17.4. The maximum absolute atomic E-state index is 12.9. The van der Waals surface area contributed by atoms with Crippen LogP contribution in [0.5, 0.6) is 0 Å². The van der Waals surface area contributed by atoms with Crippen molar-refractivity contribution in [2.24, 2.45) is 5.92 Å². The molecule has 2 saturated heterocycles. The van der Waals surface area contributed by atoms with Gasteiger partial charge in [-0.15, -0.1) is 15.3 Å². The highest BCUT2D eigenvalue weighted by molar-refractivity contribution is 5.79. The summed E-state index contributed by atoms with van der Waals surface area (Å²) < 4.78 is 7.32. The maximum atomic E-state index is 12.9. The van der Waals surface area contributed by atoms with E-state index in [0.717, 1.165) is 37.4 Å². The molecule has 0 radical (unpaired) electrons. The van der Waals surface area contributed by atoms with Gasteiger partial charge in [-0.3, -0.25) is 4.79 Å². The predicted molar refractivity (Wildman–Crippen MR) is 92.3 cm³/mol. The largest absolute Gasteiger partial charge is 0.375 e. The molecule has 0 unspecified atom stereocenters. The fourth-order valence-corrected chi connectivity index (χ4v) is 3.69. The minimum Gasteiger partial charge on any atom is -0.375 e. The van der Waals surface area contributed by atoms with Crippen LogP contribution in [0.15, 0.2) is 18.5 Å². The molecule has 8 heteroatoms. The van der Waals surface area contributed by atoms with Crippen LogP contribution in [0.2, 0.25) is 0 Å². The number of hydrogen-bond acceptors (Lipinski definition) is 6. The Morgan fingerprint density at radius 2 is 2.04 bits per heavy atom. The second-order valence-electron chi connectivity index (χ2n) is 7.07. The molecule has 25 heavy (non-hydrogen) atoms. The molecule has 0 aromatic carbocycles. The third kappa shape index (κ3) is 3.18. The SMILES string of the molecule is C[C@@H]1CO[C@@H](C)CN1C(=O)C1CCN(c2ccc3nncn3n2)CC1. The summed E-state index contributed by atoms with van der Waals surface area (Å²) in [5.74, 6) is 1.29. The van der Waals surface area contributed by atoms with E-state index in [1.165, 1.54) is 0 Å². The number of morpholine rings is 1. The minimum atomic E-state index is 0.0997. The summed E-state index contributed by atoms with van der Waals surface area (Å²) in [5.41, 5.74) is 0.740. The van der Waals surface area contributed by atoms with Gasteiger partial charge in [-0.1, -0.05) is 0 Å². The number of fused-ring (bicyclic) bond motifs is 1. The lowest BCUT2D eigenvalue weighted by Crippen LogP contribution is -2.53. The average molecular weight is 344 g/mol. The zero-order valence-corrected chi connectivity index (χ0v) is 14.7. The molecular weight excluding hydrogens is 320 g/mol. The number of anilines is 1. The first kappa shape index (κ1) is 16.3. The Bertz CT molecular complexity index is 754. The van der Waals surface area contributed by atoms with E-state index in [1.54, 1.807) is 10.8 Å². The summed E-state index contributed by atoms with van der Waals surface area (Å²) in [4.78, 5) is 17.1. The number of ether oxygens (including phenoxy) is 1. The molecule has 8 nitrogen and oxygen atoms in total. The van der Waals surface area contributed by atoms with Gasteiger partial charge < -0.3 is 14.5 Å². The first-order chi connectivity index (χ1) is 12.1. The minimum absolute atomic E-state index is 0.0997. The summed E-state index contributed by atoms with van der Waals surface area (Å²) in [6.07, 6.45) is 3.45. The van der Waals surface area contributed by atoms with E-state index < -0.39 is 0 Å². The lowest BCUT2D eigenvalue weighted by Gasteiger charge is -2.40. The number of carbonyl (C=O) groups excluding carboxylic acids is 1. The fraction of sp³-hybridized carbons (Fsp3) is 0.647. The monoisotopic (exact) mass is 344 g/mol. The van der Waals surface area contributed by atoms with Gasteiger partial charge in [-0.25, -0.2) is 0 Å². The van der Waals surface area contributed by atoms with Crippen LogP contribution < -0.4 is 4.90 Å². The highest BCUT2D eigenvalue weighted by Crippen LogP contribution is 2.25. The van der Waals surface area contributed by atoms with Crippen LogP contribution in [0, 0.1) is 5.92 Å². The summed E-state index contributed by atoms with van der Waals surface area (Å²) >= 11 is 0. The van der Waals surface area contributed by atoms with Crippen molar-refractivity contribution in [1.29, 1.82) is 0 Å². The van der Waals surface area contributed by atoms with Gasteiger partial charge in [-0.05, 0) is 38.8 Å². The van der Waals surface area contributed by atoms with Crippen molar-refractivity contribution in [3.63, 3.8) is 0 Å². The first-order valence-electron chi connectivity index (χ1n) is 8.96. The van der Waals surface area contributed by atoms with Crippen LogP contribution in [0.3, 0.4) is 0 Å². The van der Waals surface area contributed by atoms with E-state index in [1.807, 2.05) is 24.0 Å². The third-order valence-corrected chi connectivity index (χ3v) is 5.21. The molecule has 0 saturated carbocycles. The Morgan fingerprint density at radius 3 is 2.84 bits per heavy atom. The van der Waals surface area contributed by atoms with Gasteiger partial charge in [0.15, 0.2) is 5.65 Å². The summed E-state index contributed by atoms with van der Waals surface area (Å²) in [7, 11) is 0. The van der Waals surface area contributed by atoms with E-state index in [2.05, 4.69) is 27.1 Å². The van der Waals surface area contributed by atoms with Gasteiger partial charge >= 0.3 is 0 Å². The normalized spacial score (nSPS) is 25.5. The lowest BCUT2D eigenvalue weighted by molar-refractivity contribution is -0.148. The van der Waals surface area contributed by atoms with Gasteiger partial charge in [0.2, 0.25) is 5.91 Å². The Hall–Kier alpha value is -2.22. The van der Waals surface area contributed by atoms with Crippen molar-refractivity contribution < 1.29 is 9.53 Å². The molecule has 0 spiro atoms. The summed E-state index contributed by atoms with van der Waals surface area (Å²) in [6, 6.07) is 4.06. The Morgan fingerprint density at radius 1 is 1.24 bits per heavy atom. The summed E-state index contributed by atoms with van der Waals surface area (Å²) in [6.45, 7) is 7.11. The molecule has 0 bridgehead atoms. The number of hydrogen-bond donors (Lipinski definition) is 0. The van der Waals surface area contributed by atoms with Crippen LogP contribution in [-0.4, -0.2) is 69.0 Å². The molecule has 2 aliphatic rings. The van der Waals surface area contributed by atoms with Crippen LogP contribution in [0.1, 0.15) is 26.7 Å². The van der Waals surface area contributed by atoms with Crippen LogP contribution in [-0.2, 0) is 9.53 Å². The Balaban J connectivity index is 1.39. The van der Waals surface area contributed by atoms with Gasteiger partial charge in [0.25, 0.3) is 0 Å². The van der Waals surface area contributed by atoms with Crippen LogP contribution in [0.25, 0.3) is 5.65 Å². The standard InChI is InChI=1S/C17H24N6O2/c1-12-10-25-13(2)9-22(12)17(24)14-5-7-21(8-6-14)16-4-3-15-19-18-11-23(15)20-16/h3-4,11-14H,5-10H2,1-2H3/t12-,13+/m1/s1. The van der Waals surface area contributed by atoms with Crippen LogP contribution in [0.4, 0.5) is 5.82 Å². The van der Waals surface area contributed by atoms with Gasteiger partial charge in [0.1, 0.15) is 12.1 Å². The summed E-state index contributed by atoms with van der Waals surface area (Å²) in [5, 5.41) is 12.4. The Kier molecular flexibility index (Phi) is 4.29. The topological polar surface area (TPSA) is 75.9 Å². The second kappa shape index (κ2) is 6.59. The highest BCUT2D eigenvalue weighted by Gasteiger charge is 2.34. The molecule has 1 amide bonds. The molecule has 2 aromatic heterocycles. The number of piperidine rings is 1. The van der Waals surface area contributed by atoms with Gasteiger partial charge in [-0.2, -0.15) is 4.52 Å². The van der Waals surface area contributed by atoms with Crippen molar-refractivity contribution in [3.05, 3.63) is 18.5 Å². The fourth-order valence-electron chi connectivity index (χ4n) is 3.69. The van der Waals surface area contributed by atoms with Gasteiger partial charge in [0.05, 0.1) is 18.8 Å². The van der Waals surface area contributed by atoms with E-state index in [9.17, 15) is 4.79 Å². The highest BCUT2D eigenvalue weighted by atomic mass is 16.5. The number of aromatic nitrogens is 4. The van der Waals surface area contributed by atoms with E-state index >= 15 is 0 Å². The van der Waals surface area contributed by atoms with Crippen molar-refractivity contribution in [1.82, 2.24) is 24.7 Å². The molecule has 0 aliphatic carbocycles. The molecule has 4 heterocycles. The average Bonchev–Trinajstić information content (AvgIpc) is 3.11. The van der Waals surface area contributed by atoms with E-state index in [4.69, 9.17) is 4.74 Å². The quantitative estimate of drug-likeness (QED) is 0.808. The van der Waals surface area contributed by atoms with Crippen molar-refractivity contribution >= 4 is 17.4 Å². The lowest BCUT2D eigenvalue weighted by atomic mass is 9.94. The van der Waals surface area contributed by atoms with Crippen molar-refractivity contribution in [2.45, 2.75) is 38.8 Å². The molecule has 2 aromatic rings. The number of nitrogens with zero attached hydrogens (tertiary/aromatic N) is 6. The number of rotatable bonds is 2. The smallest absolute Gasteiger partial charge is 0.226 e. The van der Waals surface area contributed by atoms with Crippen molar-refractivity contribution in [3.8, 4) is 0 Å². The van der Waals surface area contributed by atoms with E-state index in [0.29, 0.717) is 13.2 Å². The number of amides is 1. The van der Waals surface area contributed by atoms with Gasteiger partial charge in [0, 0.05) is 25.6 Å². The molecule has 2 fully saturated rings. The molecule has 134 valence electrons. The first-order valence-corrected chi connectivity index (χ1v) is 8.96.